The minimum absolute atomic E-state index is 0.157. The molecule has 98 valence electrons. The molecule has 0 aliphatic heterocycles. The highest BCUT2D eigenvalue weighted by Gasteiger charge is 2.17. The van der Waals surface area contributed by atoms with E-state index in [-0.39, 0.29) is 27.8 Å². The van der Waals surface area contributed by atoms with Crippen molar-refractivity contribution < 1.29 is 14.3 Å². The molecule has 0 saturated heterocycles. The van der Waals surface area contributed by atoms with Gasteiger partial charge in [-0.1, -0.05) is 23.2 Å². The molecule has 0 fully saturated rings. The summed E-state index contributed by atoms with van der Waals surface area (Å²) >= 11 is 11.6. The van der Waals surface area contributed by atoms with Crippen molar-refractivity contribution >= 4 is 40.8 Å². The van der Waals surface area contributed by atoms with Crippen LogP contribution in [0.4, 0.5) is 5.69 Å². The highest BCUT2D eigenvalue weighted by atomic mass is 35.5. The fraction of sp³-hybridized carbons (Fsp3) is 0.273. The number of nitrogens with two attached hydrogens (primary N) is 1. The second-order valence-corrected chi connectivity index (χ2v) is 4.38. The normalized spacial score (nSPS) is 10.0. The van der Waals surface area contributed by atoms with E-state index in [9.17, 15) is 9.59 Å². The highest BCUT2D eigenvalue weighted by Crippen LogP contribution is 2.29. The lowest BCUT2D eigenvalue weighted by molar-refractivity contribution is -0.141. The second kappa shape index (κ2) is 5.93. The number of halogens is 2. The zero-order chi connectivity index (χ0) is 13.9. The van der Waals surface area contributed by atoms with Crippen molar-refractivity contribution in [1.29, 1.82) is 0 Å². The average Bonchev–Trinajstić information content (AvgIpc) is 2.33. The summed E-state index contributed by atoms with van der Waals surface area (Å²) in [5, 5.41) is 0.385. The van der Waals surface area contributed by atoms with Gasteiger partial charge in [0.15, 0.2) is 0 Å². The maximum Gasteiger partial charge on any atom is 0.325 e. The summed E-state index contributed by atoms with van der Waals surface area (Å²) in [6, 6.07) is 2.81. The molecule has 0 atom stereocenters. The Hall–Kier alpha value is -1.46. The molecule has 2 N–H and O–H groups in total. The molecule has 7 heteroatoms. The van der Waals surface area contributed by atoms with Crippen LogP contribution in [-0.2, 0) is 9.53 Å². The van der Waals surface area contributed by atoms with E-state index >= 15 is 0 Å². The number of esters is 1. The molecule has 0 unspecified atom stereocenters. The lowest BCUT2D eigenvalue weighted by atomic mass is 10.2. The minimum atomic E-state index is -0.515. The maximum absolute atomic E-state index is 12.0. The molecule has 0 radical (unpaired) electrons. The number of amides is 1. The molecule has 1 aromatic rings. The van der Waals surface area contributed by atoms with Crippen molar-refractivity contribution in [2.45, 2.75) is 0 Å². The highest BCUT2D eigenvalue weighted by molar-refractivity contribution is 6.43. The van der Waals surface area contributed by atoms with Gasteiger partial charge in [-0.2, -0.15) is 0 Å². The average molecular weight is 291 g/mol. The van der Waals surface area contributed by atoms with Crippen LogP contribution in [0, 0.1) is 0 Å². The number of benzene rings is 1. The first kappa shape index (κ1) is 14.6. The minimum Gasteiger partial charge on any atom is -0.468 e. The third-order valence-corrected chi connectivity index (χ3v) is 3.06. The zero-order valence-electron chi connectivity index (χ0n) is 9.87. The largest absolute Gasteiger partial charge is 0.468 e. The number of hydrogen-bond donors (Lipinski definition) is 1. The molecule has 1 amide bonds. The number of nitrogens with zero attached hydrogens (tertiary/aromatic N) is 1. The van der Waals surface area contributed by atoms with Gasteiger partial charge >= 0.3 is 5.97 Å². The first-order valence-corrected chi connectivity index (χ1v) is 5.69. The van der Waals surface area contributed by atoms with E-state index in [0.29, 0.717) is 0 Å². The Labute approximate surface area is 114 Å². The van der Waals surface area contributed by atoms with Crippen molar-refractivity contribution in [3.05, 3.63) is 27.7 Å². The molecule has 1 aromatic carbocycles. The Kier molecular flexibility index (Phi) is 4.81. The first-order chi connectivity index (χ1) is 8.36. The van der Waals surface area contributed by atoms with Gasteiger partial charge in [-0.25, -0.2) is 0 Å². The van der Waals surface area contributed by atoms with Crippen LogP contribution in [0.1, 0.15) is 10.4 Å². The SMILES string of the molecule is COC(=O)CN(C)C(=O)c1cc(N)c(Cl)c(Cl)c1. The third kappa shape index (κ3) is 3.27. The van der Waals surface area contributed by atoms with Crippen LogP contribution < -0.4 is 5.73 Å². The quantitative estimate of drug-likeness (QED) is 0.681. The standard InChI is InChI=1S/C11H12Cl2N2O3/c1-15(5-9(16)18-2)11(17)6-3-7(12)10(13)8(14)4-6/h3-4H,5,14H2,1-2H3. The van der Waals surface area contributed by atoms with Crippen LogP contribution in [0.5, 0.6) is 0 Å². The Balaban J connectivity index is 2.94. The van der Waals surface area contributed by atoms with Crippen molar-refractivity contribution in [3.8, 4) is 0 Å². The molecule has 5 nitrogen and oxygen atoms in total. The van der Waals surface area contributed by atoms with E-state index in [2.05, 4.69) is 4.74 Å². The molecule has 1 rings (SSSR count). The van der Waals surface area contributed by atoms with E-state index in [4.69, 9.17) is 28.9 Å². The summed E-state index contributed by atoms with van der Waals surface area (Å²) in [5.41, 5.74) is 6.07. The van der Waals surface area contributed by atoms with E-state index in [1.807, 2.05) is 0 Å². The van der Waals surface area contributed by atoms with Crippen LogP contribution in [0.3, 0.4) is 0 Å². The van der Waals surface area contributed by atoms with Gasteiger partial charge in [-0.3, -0.25) is 9.59 Å². The van der Waals surface area contributed by atoms with Crippen LogP contribution in [0.25, 0.3) is 0 Å². The van der Waals surface area contributed by atoms with Gasteiger partial charge in [0.1, 0.15) is 6.54 Å². The number of nitrogen functional groups attached to an aromatic ring is 1. The number of hydrogen-bond acceptors (Lipinski definition) is 4. The number of carbonyl (C=O) groups excluding carboxylic acids is 2. The van der Waals surface area contributed by atoms with Crippen molar-refractivity contribution in [3.63, 3.8) is 0 Å². The summed E-state index contributed by atoms with van der Waals surface area (Å²) in [4.78, 5) is 24.2. The predicted molar refractivity (Wildman–Crippen MR) is 69.9 cm³/mol. The second-order valence-electron chi connectivity index (χ2n) is 3.60. The lowest BCUT2D eigenvalue weighted by Crippen LogP contribution is -2.32. The zero-order valence-corrected chi connectivity index (χ0v) is 11.4. The van der Waals surface area contributed by atoms with Gasteiger partial charge < -0.3 is 15.4 Å². The molecule has 0 saturated carbocycles. The third-order valence-electron chi connectivity index (χ3n) is 2.24. The van der Waals surface area contributed by atoms with Crippen LogP contribution in [-0.4, -0.2) is 37.5 Å². The van der Waals surface area contributed by atoms with E-state index in [0.717, 1.165) is 0 Å². The molecule has 0 aliphatic carbocycles. The van der Waals surface area contributed by atoms with Crippen LogP contribution in [0.2, 0.25) is 10.0 Å². The molecule has 18 heavy (non-hydrogen) atoms. The Morgan fingerprint density at radius 1 is 1.39 bits per heavy atom. The summed E-state index contributed by atoms with van der Waals surface area (Å²) in [5.74, 6) is -0.912. The Morgan fingerprint density at radius 3 is 2.50 bits per heavy atom. The van der Waals surface area contributed by atoms with E-state index in [1.54, 1.807) is 0 Å². The van der Waals surface area contributed by atoms with Gasteiger partial charge in [0, 0.05) is 12.6 Å². The van der Waals surface area contributed by atoms with Crippen molar-refractivity contribution in [2.24, 2.45) is 0 Å². The maximum atomic E-state index is 12.0. The number of carbonyl (C=O) groups is 2. The van der Waals surface area contributed by atoms with E-state index in [1.165, 1.54) is 31.2 Å². The number of anilines is 1. The van der Waals surface area contributed by atoms with Gasteiger partial charge in [0.2, 0.25) is 0 Å². The molecule has 0 aromatic heterocycles. The Bertz CT molecular complexity index is 468. The number of rotatable bonds is 3. The number of methoxy groups -OCH3 is 1. The smallest absolute Gasteiger partial charge is 0.325 e. The monoisotopic (exact) mass is 290 g/mol. The molecular weight excluding hydrogens is 279 g/mol. The summed E-state index contributed by atoms with van der Waals surface area (Å²) in [6.07, 6.45) is 0. The van der Waals surface area contributed by atoms with Gasteiger partial charge in [-0.05, 0) is 12.1 Å². The Morgan fingerprint density at radius 2 is 2.00 bits per heavy atom. The summed E-state index contributed by atoms with van der Waals surface area (Å²) in [7, 11) is 2.72. The fourth-order valence-electron chi connectivity index (χ4n) is 1.28. The van der Waals surface area contributed by atoms with Gasteiger partial charge in [0.05, 0.1) is 22.8 Å². The van der Waals surface area contributed by atoms with Gasteiger partial charge in [0.25, 0.3) is 5.91 Å². The van der Waals surface area contributed by atoms with E-state index < -0.39 is 11.9 Å². The first-order valence-electron chi connectivity index (χ1n) is 4.93. The molecule has 0 bridgehead atoms. The molecule has 0 heterocycles. The van der Waals surface area contributed by atoms with Crippen molar-refractivity contribution in [2.75, 3.05) is 26.4 Å². The lowest BCUT2D eigenvalue weighted by Gasteiger charge is -2.16. The molecule has 0 aliphatic rings. The van der Waals surface area contributed by atoms with Gasteiger partial charge in [-0.15, -0.1) is 0 Å². The summed E-state index contributed by atoms with van der Waals surface area (Å²) in [6.45, 7) is -0.157. The molecular formula is C11H12Cl2N2O3. The molecule has 0 spiro atoms. The number of ether oxygens (including phenoxy) is 1. The predicted octanol–water partition coefficient (Wildman–Crippen LogP) is 1.82. The van der Waals surface area contributed by atoms with Crippen molar-refractivity contribution in [1.82, 2.24) is 4.90 Å². The fourth-order valence-corrected chi connectivity index (χ4v) is 1.62. The number of likely N-dealkylation sites (N-methyl/N-ethyl adjacent to an activating group) is 1. The summed E-state index contributed by atoms with van der Waals surface area (Å²) < 4.78 is 4.47. The van der Waals surface area contributed by atoms with Crippen LogP contribution >= 0.6 is 23.2 Å². The van der Waals surface area contributed by atoms with Crippen LogP contribution in [0.15, 0.2) is 12.1 Å². The topological polar surface area (TPSA) is 72.6 Å².